The average Bonchev–Trinajstić information content (AvgIpc) is 2.56. The lowest BCUT2D eigenvalue weighted by Crippen LogP contribution is -2.11. The van der Waals surface area contributed by atoms with Gasteiger partial charge >= 0.3 is 0 Å². The highest BCUT2D eigenvalue weighted by atomic mass is 32.1. The van der Waals surface area contributed by atoms with Crippen molar-refractivity contribution >= 4 is 21.5 Å². The van der Waals surface area contributed by atoms with E-state index in [2.05, 4.69) is 50.9 Å². The molecule has 0 aliphatic rings. The molecule has 0 atom stereocenters. The maximum absolute atomic E-state index is 5.94. The Hall–Kier alpha value is -1.55. The summed E-state index contributed by atoms with van der Waals surface area (Å²) < 4.78 is 0. The van der Waals surface area contributed by atoms with Gasteiger partial charge in [-0.05, 0) is 23.5 Å². The number of aryl methyl sites for hydroxylation is 1. The molecule has 0 aliphatic carbocycles. The molecular formula is C14H19N3S. The summed E-state index contributed by atoms with van der Waals surface area (Å²) >= 11 is 1.33. The van der Waals surface area contributed by atoms with E-state index >= 15 is 0 Å². The summed E-state index contributed by atoms with van der Waals surface area (Å²) in [7, 11) is 0. The normalized spacial score (nSPS) is 11.8. The van der Waals surface area contributed by atoms with E-state index in [1.807, 2.05) is 0 Å². The van der Waals surface area contributed by atoms with Gasteiger partial charge in [0.15, 0.2) is 5.13 Å². The van der Waals surface area contributed by atoms with E-state index in [1.54, 1.807) is 0 Å². The van der Waals surface area contributed by atoms with Crippen molar-refractivity contribution in [1.82, 2.24) is 4.98 Å². The first-order valence-corrected chi connectivity index (χ1v) is 6.74. The highest BCUT2D eigenvalue weighted by Crippen LogP contribution is 2.35. The minimum Gasteiger partial charge on any atom is -0.389 e. The summed E-state index contributed by atoms with van der Waals surface area (Å²) in [6.07, 6.45) is 0. The summed E-state index contributed by atoms with van der Waals surface area (Å²) in [5.41, 5.74) is 16.1. The molecule has 0 unspecified atom stereocenters. The van der Waals surface area contributed by atoms with Crippen LogP contribution >= 0.6 is 11.3 Å². The lowest BCUT2D eigenvalue weighted by molar-refractivity contribution is 0.590. The molecule has 0 radical (unpaired) electrons. The molecule has 18 heavy (non-hydrogen) atoms. The summed E-state index contributed by atoms with van der Waals surface area (Å²) in [4.78, 5) is 4.30. The second kappa shape index (κ2) is 4.28. The van der Waals surface area contributed by atoms with E-state index < -0.39 is 0 Å². The van der Waals surface area contributed by atoms with Gasteiger partial charge in [0, 0.05) is 5.56 Å². The van der Waals surface area contributed by atoms with Crippen LogP contribution in [0.3, 0.4) is 0 Å². The maximum atomic E-state index is 5.94. The van der Waals surface area contributed by atoms with E-state index in [9.17, 15) is 0 Å². The average molecular weight is 261 g/mol. The molecule has 0 fully saturated rings. The fourth-order valence-electron chi connectivity index (χ4n) is 1.94. The molecule has 4 N–H and O–H groups in total. The summed E-state index contributed by atoms with van der Waals surface area (Å²) in [5.74, 6) is 0. The second-order valence-corrected chi connectivity index (χ2v) is 6.61. The van der Waals surface area contributed by atoms with Gasteiger partial charge in [0.05, 0.1) is 0 Å². The highest BCUT2D eigenvalue weighted by Gasteiger charge is 2.16. The zero-order valence-corrected chi connectivity index (χ0v) is 12.1. The van der Waals surface area contributed by atoms with Crippen molar-refractivity contribution in [2.24, 2.45) is 0 Å². The molecular weight excluding hydrogens is 242 g/mol. The quantitative estimate of drug-likeness (QED) is 0.824. The van der Waals surface area contributed by atoms with Crippen molar-refractivity contribution in [3.05, 3.63) is 29.3 Å². The zero-order chi connectivity index (χ0) is 13.5. The first kappa shape index (κ1) is 12.9. The van der Waals surface area contributed by atoms with Crippen molar-refractivity contribution < 1.29 is 0 Å². The van der Waals surface area contributed by atoms with Gasteiger partial charge in [-0.15, -0.1) is 0 Å². The summed E-state index contributed by atoms with van der Waals surface area (Å²) in [6.45, 7) is 8.70. The number of rotatable bonds is 1. The van der Waals surface area contributed by atoms with Gasteiger partial charge in [-0.25, -0.2) is 4.98 Å². The molecule has 1 aromatic heterocycles. The van der Waals surface area contributed by atoms with Crippen LogP contribution in [0.1, 0.15) is 31.9 Å². The number of nitrogens with two attached hydrogens (primary N) is 2. The van der Waals surface area contributed by atoms with Gasteiger partial charge in [0.25, 0.3) is 0 Å². The van der Waals surface area contributed by atoms with E-state index in [1.165, 1.54) is 22.5 Å². The number of nitrogen functional groups attached to an aromatic ring is 2. The van der Waals surface area contributed by atoms with Crippen LogP contribution in [0.2, 0.25) is 0 Å². The predicted octanol–water partition coefficient (Wildman–Crippen LogP) is 3.58. The third kappa shape index (κ3) is 2.34. The molecule has 3 nitrogen and oxygen atoms in total. The van der Waals surface area contributed by atoms with Crippen molar-refractivity contribution in [3.63, 3.8) is 0 Å². The number of hydrogen-bond donors (Lipinski definition) is 2. The molecule has 4 heteroatoms. The molecule has 0 amide bonds. The molecule has 2 rings (SSSR count). The third-order valence-corrected chi connectivity index (χ3v) is 3.73. The summed E-state index contributed by atoms with van der Waals surface area (Å²) in [6, 6.07) is 6.42. The molecule has 0 saturated heterocycles. The zero-order valence-electron chi connectivity index (χ0n) is 11.2. The van der Waals surface area contributed by atoms with E-state index in [-0.39, 0.29) is 5.41 Å². The Kier molecular flexibility index (Phi) is 3.07. The Morgan fingerprint density at radius 2 is 1.83 bits per heavy atom. The number of hydrogen-bond acceptors (Lipinski definition) is 4. The van der Waals surface area contributed by atoms with Crippen molar-refractivity contribution in [2.75, 3.05) is 11.5 Å². The topological polar surface area (TPSA) is 64.9 Å². The Bertz CT molecular complexity index is 579. The Morgan fingerprint density at radius 1 is 1.17 bits per heavy atom. The van der Waals surface area contributed by atoms with Crippen LogP contribution in [0.5, 0.6) is 0 Å². The minimum absolute atomic E-state index is 0.149. The number of aromatic nitrogens is 1. The van der Waals surface area contributed by atoms with Gasteiger partial charge in [-0.2, -0.15) is 0 Å². The van der Waals surface area contributed by atoms with Gasteiger partial charge in [0.1, 0.15) is 10.7 Å². The monoisotopic (exact) mass is 261 g/mol. The molecule has 2 aromatic rings. The van der Waals surface area contributed by atoms with Gasteiger partial charge in [-0.3, -0.25) is 0 Å². The first-order valence-electron chi connectivity index (χ1n) is 5.92. The number of benzene rings is 1. The molecule has 96 valence electrons. The van der Waals surface area contributed by atoms with Gasteiger partial charge < -0.3 is 11.5 Å². The van der Waals surface area contributed by atoms with Crippen molar-refractivity contribution in [1.29, 1.82) is 0 Å². The van der Waals surface area contributed by atoms with Gasteiger partial charge in [0.2, 0.25) is 0 Å². The Balaban J connectivity index is 2.51. The molecule has 0 spiro atoms. The van der Waals surface area contributed by atoms with Crippen LogP contribution in [0.15, 0.2) is 18.2 Å². The van der Waals surface area contributed by atoms with Gasteiger partial charge in [-0.1, -0.05) is 50.3 Å². The van der Waals surface area contributed by atoms with Crippen LogP contribution in [0.4, 0.5) is 10.1 Å². The highest BCUT2D eigenvalue weighted by molar-refractivity contribution is 7.19. The molecule has 0 saturated carbocycles. The standard InChI is InChI=1S/C14H19N3S/c1-8-7-9(14(2,3)4)5-6-10(8)11-12(15)18-13(16)17-11/h5-7H,15H2,1-4H3,(H2,16,17). The van der Waals surface area contributed by atoms with E-state index in [0.717, 1.165) is 11.3 Å². The van der Waals surface area contributed by atoms with Crippen LogP contribution in [0.25, 0.3) is 11.3 Å². The summed E-state index contributed by atoms with van der Waals surface area (Å²) in [5, 5.41) is 1.20. The molecule has 1 aromatic carbocycles. The second-order valence-electron chi connectivity index (χ2n) is 5.54. The van der Waals surface area contributed by atoms with Crippen LogP contribution in [-0.4, -0.2) is 4.98 Å². The molecule has 0 bridgehead atoms. The Labute approximate surface area is 112 Å². The van der Waals surface area contributed by atoms with Crippen LogP contribution in [0, 0.1) is 6.92 Å². The largest absolute Gasteiger partial charge is 0.389 e. The predicted molar refractivity (Wildman–Crippen MR) is 79.8 cm³/mol. The number of anilines is 2. The first-order chi connectivity index (χ1) is 8.29. The van der Waals surface area contributed by atoms with E-state index in [4.69, 9.17) is 11.5 Å². The fraction of sp³-hybridized carbons (Fsp3) is 0.357. The maximum Gasteiger partial charge on any atom is 0.182 e. The Morgan fingerprint density at radius 3 is 2.28 bits per heavy atom. The molecule has 1 heterocycles. The number of nitrogens with zero attached hydrogens (tertiary/aromatic N) is 1. The van der Waals surface area contributed by atoms with Crippen molar-refractivity contribution in [2.45, 2.75) is 33.1 Å². The van der Waals surface area contributed by atoms with Crippen molar-refractivity contribution in [3.8, 4) is 11.3 Å². The fourth-order valence-corrected chi connectivity index (χ4v) is 2.55. The lowest BCUT2D eigenvalue weighted by Gasteiger charge is -2.20. The lowest BCUT2D eigenvalue weighted by atomic mass is 9.85. The smallest absolute Gasteiger partial charge is 0.182 e. The van der Waals surface area contributed by atoms with Crippen LogP contribution < -0.4 is 11.5 Å². The minimum atomic E-state index is 0.149. The van der Waals surface area contributed by atoms with Crippen LogP contribution in [-0.2, 0) is 5.41 Å². The third-order valence-electron chi connectivity index (χ3n) is 3.02. The molecule has 0 aliphatic heterocycles. The SMILES string of the molecule is Cc1cc(C(C)(C)C)ccc1-c1nc(N)sc1N. The van der Waals surface area contributed by atoms with E-state index in [0.29, 0.717) is 10.1 Å². The number of thiazole rings is 1.